The second kappa shape index (κ2) is 8.92. The van der Waals surface area contributed by atoms with Gasteiger partial charge in [0, 0.05) is 54.4 Å². The van der Waals surface area contributed by atoms with Crippen LogP contribution < -0.4 is 4.72 Å². The first-order chi connectivity index (χ1) is 16.4. The smallest absolute Gasteiger partial charge is 0.272 e. The molecule has 3 heterocycles. The first-order valence-corrected chi connectivity index (χ1v) is 13.0. The van der Waals surface area contributed by atoms with Crippen LogP contribution in [0.3, 0.4) is 0 Å². The fraction of sp³-hybridized carbons (Fsp3) is 0.174. The van der Waals surface area contributed by atoms with E-state index in [-0.39, 0.29) is 16.7 Å². The standard InChI is InChI=1S/C23H21N5O4S2/c29-22(27-11-13-28(14-12-27)23(30)19-15-33-25-19)17-6-8-18(9-7-17)26-34(31,32)20-5-1-3-16-4-2-10-24-21(16)20/h1-10,15,25-26H,11-14H2. The van der Waals surface area contributed by atoms with E-state index in [9.17, 15) is 18.0 Å². The number of nitrogens with zero attached hydrogens (tertiary/aromatic N) is 3. The summed E-state index contributed by atoms with van der Waals surface area (Å²) < 4.78 is 31.4. The lowest BCUT2D eigenvalue weighted by Gasteiger charge is -2.34. The number of fused-ring (bicyclic) bond motifs is 1. The van der Waals surface area contributed by atoms with Gasteiger partial charge in [-0.05, 0) is 36.4 Å². The minimum atomic E-state index is -3.87. The fourth-order valence-electron chi connectivity index (χ4n) is 3.86. The highest BCUT2D eigenvalue weighted by molar-refractivity contribution is 7.93. The van der Waals surface area contributed by atoms with Gasteiger partial charge in [0.05, 0.1) is 5.52 Å². The number of anilines is 1. The van der Waals surface area contributed by atoms with Crippen LogP contribution in [0.5, 0.6) is 0 Å². The third kappa shape index (κ3) is 4.27. The molecule has 0 unspecified atom stereocenters. The minimum absolute atomic E-state index is 0.0520. The number of hydrogen-bond acceptors (Lipinski definition) is 6. The number of aromatic nitrogens is 2. The van der Waals surface area contributed by atoms with Crippen LogP contribution >= 0.6 is 11.5 Å². The van der Waals surface area contributed by atoms with E-state index in [1.54, 1.807) is 69.9 Å². The van der Waals surface area contributed by atoms with Crippen LogP contribution in [0.1, 0.15) is 20.8 Å². The van der Waals surface area contributed by atoms with Crippen LogP contribution in [0, 0.1) is 0 Å². The monoisotopic (exact) mass is 495 g/mol. The van der Waals surface area contributed by atoms with Crippen molar-refractivity contribution in [1.82, 2.24) is 19.2 Å². The number of nitrogens with one attached hydrogen (secondary N) is 2. The van der Waals surface area contributed by atoms with Crippen LogP contribution in [0.2, 0.25) is 0 Å². The zero-order chi connectivity index (χ0) is 23.7. The summed E-state index contributed by atoms with van der Waals surface area (Å²) in [5.74, 6) is -0.208. The predicted octanol–water partition coefficient (Wildman–Crippen LogP) is 3.02. The van der Waals surface area contributed by atoms with Gasteiger partial charge >= 0.3 is 0 Å². The third-order valence-electron chi connectivity index (χ3n) is 5.70. The Bertz CT molecular complexity index is 1440. The summed E-state index contributed by atoms with van der Waals surface area (Å²) in [6, 6.07) is 14.9. The number of rotatable bonds is 5. The van der Waals surface area contributed by atoms with Crippen molar-refractivity contribution in [3.05, 3.63) is 77.4 Å². The quantitative estimate of drug-likeness (QED) is 0.442. The van der Waals surface area contributed by atoms with Gasteiger partial charge in [-0.1, -0.05) is 29.7 Å². The lowest BCUT2D eigenvalue weighted by molar-refractivity contribution is 0.0532. The topological polar surface area (TPSA) is 115 Å². The normalized spacial score (nSPS) is 14.4. The molecular formula is C23H21N5O4S2. The SMILES string of the molecule is O=C(c1ccc(NS(=O)(=O)c2cccc3cccnc23)cc1)N1CCN(C(=O)c2cs[nH]2)CC1. The second-order valence-electron chi connectivity index (χ2n) is 7.85. The number of aromatic amines is 1. The minimum Gasteiger partial charge on any atom is -0.335 e. The Kier molecular flexibility index (Phi) is 5.80. The number of H-pyrrole nitrogens is 1. The van der Waals surface area contributed by atoms with Crippen molar-refractivity contribution in [3.63, 3.8) is 0 Å². The number of carbonyl (C=O) groups is 2. The van der Waals surface area contributed by atoms with Crippen molar-refractivity contribution in [2.24, 2.45) is 0 Å². The molecular weight excluding hydrogens is 474 g/mol. The lowest BCUT2D eigenvalue weighted by atomic mass is 10.1. The van der Waals surface area contributed by atoms with Crippen molar-refractivity contribution in [1.29, 1.82) is 0 Å². The van der Waals surface area contributed by atoms with Crippen LogP contribution in [0.15, 0.2) is 71.1 Å². The van der Waals surface area contributed by atoms with Gasteiger partial charge in [-0.3, -0.25) is 19.3 Å². The molecule has 2 aromatic carbocycles. The number of sulfonamides is 1. The summed E-state index contributed by atoms with van der Waals surface area (Å²) in [6.45, 7) is 1.80. The fourth-order valence-corrected chi connectivity index (χ4v) is 5.52. The molecule has 4 aromatic rings. The molecule has 1 fully saturated rings. The highest BCUT2D eigenvalue weighted by Crippen LogP contribution is 2.24. The Balaban J connectivity index is 1.25. The average Bonchev–Trinajstić information content (AvgIpc) is 2.82. The molecule has 1 aliphatic rings. The summed E-state index contributed by atoms with van der Waals surface area (Å²) >= 11 is 1.37. The molecule has 1 aliphatic heterocycles. The highest BCUT2D eigenvalue weighted by atomic mass is 32.2. The number of hydrogen-bond donors (Lipinski definition) is 2. The summed E-state index contributed by atoms with van der Waals surface area (Å²) in [4.78, 5) is 32.9. The number of amides is 2. The Labute approximate surface area is 200 Å². The number of benzene rings is 2. The van der Waals surface area contributed by atoms with Crippen LogP contribution in [0.4, 0.5) is 5.69 Å². The van der Waals surface area contributed by atoms with Gasteiger partial charge in [-0.25, -0.2) is 8.42 Å². The molecule has 5 rings (SSSR count). The van der Waals surface area contributed by atoms with Crippen molar-refractivity contribution in [2.45, 2.75) is 4.90 Å². The Morgan fingerprint density at radius 3 is 2.21 bits per heavy atom. The van der Waals surface area contributed by atoms with Crippen LogP contribution in [0.25, 0.3) is 10.9 Å². The molecule has 0 spiro atoms. The van der Waals surface area contributed by atoms with E-state index < -0.39 is 10.0 Å². The van der Waals surface area contributed by atoms with Crippen molar-refractivity contribution in [2.75, 3.05) is 30.9 Å². The maximum absolute atomic E-state index is 13.0. The zero-order valence-electron chi connectivity index (χ0n) is 18.0. The van der Waals surface area contributed by atoms with Gasteiger partial charge in [-0.15, -0.1) is 0 Å². The van der Waals surface area contributed by atoms with Gasteiger partial charge in [0.15, 0.2) is 0 Å². The van der Waals surface area contributed by atoms with E-state index in [4.69, 9.17) is 0 Å². The van der Waals surface area contributed by atoms with E-state index in [2.05, 4.69) is 14.1 Å². The summed E-state index contributed by atoms with van der Waals surface area (Å²) in [5, 5.41) is 2.50. The number of para-hydroxylation sites is 1. The first-order valence-electron chi connectivity index (χ1n) is 10.6. The molecule has 2 amide bonds. The molecule has 0 bridgehead atoms. The maximum Gasteiger partial charge on any atom is 0.272 e. The molecule has 0 atom stereocenters. The van der Waals surface area contributed by atoms with E-state index in [1.165, 1.54) is 17.6 Å². The van der Waals surface area contributed by atoms with Gasteiger partial charge in [-0.2, -0.15) is 0 Å². The van der Waals surface area contributed by atoms with Crippen LogP contribution in [-0.2, 0) is 10.0 Å². The molecule has 1 saturated heterocycles. The molecule has 0 saturated carbocycles. The van der Waals surface area contributed by atoms with E-state index in [1.807, 2.05) is 0 Å². The molecule has 0 aliphatic carbocycles. The van der Waals surface area contributed by atoms with Gasteiger partial charge < -0.3 is 14.2 Å². The number of carbonyl (C=O) groups excluding carboxylic acids is 2. The second-order valence-corrected chi connectivity index (χ2v) is 10.2. The Morgan fingerprint density at radius 2 is 1.56 bits per heavy atom. The third-order valence-corrected chi connectivity index (χ3v) is 7.80. The van der Waals surface area contributed by atoms with Crippen LogP contribution in [-0.4, -0.2) is 65.6 Å². The van der Waals surface area contributed by atoms with Gasteiger partial charge in [0.2, 0.25) is 0 Å². The zero-order valence-corrected chi connectivity index (χ0v) is 19.6. The first kappa shape index (κ1) is 22.1. The predicted molar refractivity (Wildman–Crippen MR) is 129 cm³/mol. The maximum atomic E-state index is 13.0. The molecule has 34 heavy (non-hydrogen) atoms. The Morgan fingerprint density at radius 1 is 0.912 bits per heavy atom. The van der Waals surface area contributed by atoms with Crippen molar-refractivity contribution in [3.8, 4) is 0 Å². The molecule has 2 N–H and O–H groups in total. The Hall–Kier alpha value is -3.70. The van der Waals surface area contributed by atoms with Crippen molar-refractivity contribution < 1.29 is 18.0 Å². The van der Waals surface area contributed by atoms with Gasteiger partial charge in [0.25, 0.3) is 21.8 Å². The van der Waals surface area contributed by atoms with Gasteiger partial charge in [0.1, 0.15) is 10.6 Å². The molecule has 2 aromatic heterocycles. The van der Waals surface area contributed by atoms with E-state index in [0.717, 1.165) is 5.39 Å². The average molecular weight is 496 g/mol. The summed E-state index contributed by atoms with van der Waals surface area (Å²) in [7, 11) is -3.87. The molecule has 9 nitrogen and oxygen atoms in total. The van der Waals surface area contributed by atoms with E-state index >= 15 is 0 Å². The largest absolute Gasteiger partial charge is 0.335 e. The summed E-state index contributed by atoms with van der Waals surface area (Å²) in [5.41, 5.74) is 1.78. The lowest BCUT2D eigenvalue weighted by Crippen LogP contribution is -2.50. The number of pyridine rings is 1. The molecule has 174 valence electrons. The van der Waals surface area contributed by atoms with Crippen molar-refractivity contribution >= 4 is 50.0 Å². The molecule has 0 radical (unpaired) electrons. The number of piperazine rings is 1. The molecule has 11 heteroatoms. The van der Waals surface area contributed by atoms with E-state index in [0.29, 0.717) is 48.6 Å². The summed E-state index contributed by atoms with van der Waals surface area (Å²) in [6.07, 6.45) is 1.55. The highest BCUT2D eigenvalue weighted by Gasteiger charge is 2.26.